The molecule has 0 bridgehead atoms. The molecule has 4 N–H and O–H groups in total. The van der Waals surface area contributed by atoms with Crippen molar-refractivity contribution < 1.29 is 19.1 Å². The Morgan fingerprint density at radius 3 is 2.35 bits per heavy atom. The van der Waals surface area contributed by atoms with Crippen LogP contribution in [0.25, 0.3) is 10.9 Å². The number of aromatic nitrogens is 2. The Morgan fingerprint density at radius 1 is 1.00 bits per heavy atom. The van der Waals surface area contributed by atoms with E-state index < -0.39 is 23.5 Å². The van der Waals surface area contributed by atoms with Crippen LogP contribution in [0.5, 0.6) is 5.75 Å². The zero-order chi connectivity index (χ0) is 37.0. The van der Waals surface area contributed by atoms with Gasteiger partial charge in [-0.1, -0.05) is 32.4 Å². The highest BCUT2D eigenvalue weighted by molar-refractivity contribution is 6.33. The van der Waals surface area contributed by atoms with E-state index in [1.165, 1.54) is 13.4 Å². The molecule has 2 aliphatic heterocycles. The zero-order valence-electron chi connectivity index (χ0n) is 31.0. The van der Waals surface area contributed by atoms with Crippen LogP contribution in [0.1, 0.15) is 54.4 Å². The summed E-state index contributed by atoms with van der Waals surface area (Å²) in [6.45, 7) is 16.1. The molecule has 3 atom stereocenters. The van der Waals surface area contributed by atoms with Crippen LogP contribution in [0.3, 0.4) is 0 Å². The van der Waals surface area contributed by atoms with Crippen LogP contribution in [-0.4, -0.2) is 109 Å². The summed E-state index contributed by atoms with van der Waals surface area (Å²) in [5.41, 5.74) is 2.21. The topological polar surface area (TPSA) is 144 Å². The second-order valence-electron chi connectivity index (χ2n) is 14.7. The van der Waals surface area contributed by atoms with E-state index in [2.05, 4.69) is 54.9 Å². The lowest BCUT2D eigenvalue weighted by atomic mass is 9.85. The molecule has 2 aromatic carbocycles. The Balaban J connectivity index is 1.35. The molecule has 2 fully saturated rings. The molecule has 0 saturated carbocycles. The number of ether oxygens (including phenoxy) is 1. The summed E-state index contributed by atoms with van der Waals surface area (Å²) < 4.78 is 5.66. The standard InChI is InChI=1S/C37H52ClN9O4/c1-22(2)45-14-16-46(17-15-45)29-12-11-24(18-26(29)38)42-33-25-19-28(31(51-8)20-27(25)40-21-41-33)43-35(49)30-10-9-13-47(30)36(50)32(37(4,5)6)44-34(48)23(3)39-7/h11-12,18-23,30,32,39H,9-10,13-17H2,1-8H3,(H,43,49)(H,44,48)(H,40,41,42). The first kappa shape index (κ1) is 38.0. The molecular weight excluding hydrogens is 670 g/mol. The number of likely N-dealkylation sites (N-methyl/N-ethyl adjacent to an activating group) is 1. The van der Waals surface area contributed by atoms with E-state index in [0.29, 0.717) is 58.6 Å². The lowest BCUT2D eigenvalue weighted by molar-refractivity contribution is -0.143. The smallest absolute Gasteiger partial charge is 0.247 e. The van der Waals surface area contributed by atoms with Crippen molar-refractivity contribution in [1.82, 2.24) is 30.4 Å². The summed E-state index contributed by atoms with van der Waals surface area (Å²) in [6.07, 6.45) is 2.62. The Hall–Kier alpha value is -4.20. The monoisotopic (exact) mass is 721 g/mol. The van der Waals surface area contributed by atoms with Gasteiger partial charge in [0.15, 0.2) is 0 Å². The molecule has 13 nitrogen and oxygen atoms in total. The van der Waals surface area contributed by atoms with Gasteiger partial charge in [-0.25, -0.2) is 9.97 Å². The molecule has 14 heteroatoms. The average molecular weight is 722 g/mol. The fourth-order valence-electron chi connectivity index (χ4n) is 6.64. The first-order chi connectivity index (χ1) is 24.2. The van der Waals surface area contributed by atoms with Crippen LogP contribution < -0.4 is 30.9 Å². The maximum absolute atomic E-state index is 13.9. The molecule has 5 rings (SSSR count). The van der Waals surface area contributed by atoms with Gasteiger partial charge in [-0.3, -0.25) is 19.3 Å². The number of hydrogen-bond acceptors (Lipinski definition) is 10. The van der Waals surface area contributed by atoms with E-state index in [1.54, 1.807) is 31.0 Å². The first-order valence-electron chi connectivity index (χ1n) is 17.7. The molecule has 51 heavy (non-hydrogen) atoms. The van der Waals surface area contributed by atoms with Gasteiger partial charge in [0.1, 0.15) is 30.0 Å². The molecule has 1 aromatic heterocycles. The van der Waals surface area contributed by atoms with Gasteiger partial charge in [0.25, 0.3) is 0 Å². The van der Waals surface area contributed by atoms with E-state index in [4.69, 9.17) is 16.3 Å². The number of benzene rings is 2. The number of nitrogens with zero attached hydrogens (tertiary/aromatic N) is 5. The normalized spacial score (nSPS) is 18.1. The summed E-state index contributed by atoms with van der Waals surface area (Å²) >= 11 is 6.81. The fraction of sp³-hybridized carbons (Fsp3) is 0.541. The lowest BCUT2D eigenvalue weighted by Gasteiger charge is -2.38. The van der Waals surface area contributed by atoms with E-state index in [-0.39, 0.29) is 17.7 Å². The highest BCUT2D eigenvalue weighted by atomic mass is 35.5. The summed E-state index contributed by atoms with van der Waals surface area (Å²) in [7, 11) is 3.21. The van der Waals surface area contributed by atoms with Crippen molar-refractivity contribution in [3.63, 3.8) is 0 Å². The van der Waals surface area contributed by atoms with Crippen LogP contribution >= 0.6 is 11.6 Å². The average Bonchev–Trinajstić information content (AvgIpc) is 3.60. The summed E-state index contributed by atoms with van der Waals surface area (Å²) in [5, 5.41) is 13.5. The van der Waals surface area contributed by atoms with Gasteiger partial charge in [0.2, 0.25) is 17.7 Å². The molecule has 3 unspecified atom stereocenters. The van der Waals surface area contributed by atoms with Gasteiger partial charge in [0.05, 0.1) is 35.1 Å². The number of rotatable bonds is 11. The number of amides is 3. The van der Waals surface area contributed by atoms with E-state index >= 15 is 0 Å². The van der Waals surface area contributed by atoms with Crippen molar-refractivity contribution in [3.8, 4) is 5.75 Å². The first-order valence-corrected chi connectivity index (χ1v) is 18.1. The molecule has 2 saturated heterocycles. The molecule has 0 radical (unpaired) electrons. The van der Waals surface area contributed by atoms with Crippen LogP contribution in [0.15, 0.2) is 36.7 Å². The van der Waals surface area contributed by atoms with Crippen LogP contribution in [0, 0.1) is 5.41 Å². The second-order valence-corrected chi connectivity index (χ2v) is 15.1. The Kier molecular flexibility index (Phi) is 11.9. The predicted molar refractivity (Wildman–Crippen MR) is 203 cm³/mol. The van der Waals surface area contributed by atoms with Crippen LogP contribution in [-0.2, 0) is 14.4 Å². The van der Waals surface area contributed by atoms with Gasteiger partial charge < -0.3 is 35.8 Å². The predicted octanol–water partition coefficient (Wildman–Crippen LogP) is 4.63. The summed E-state index contributed by atoms with van der Waals surface area (Å²) in [5.74, 6) is 0.0394. The van der Waals surface area contributed by atoms with Crippen molar-refractivity contribution >= 4 is 63.1 Å². The molecule has 0 aliphatic carbocycles. The third kappa shape index (κ3) is 8.65. The van der Waals surface area contributed by atoms with Gasteiger partial charge in [-0.15, -0.1) is 0 Å². The second kappa shape index (κ2) is 16.0. The summed E-state index contributed by atoms with van der Waals surface area (Å²) in [4.78, 5) is 55.9. The molecule has 276 valence electrons. The lowest BCUT2D eigenvalue weighted by Crippen LogP contribution is -2.59. The quantitative estimate of drug-likeness (QED) is 0.221. The molecule has 2 aliphatic rings. The minimum atomic E-state index is -0.812. The van der Waals surface area contributed by atoms with Gasteiger partial charge in [-0.05, 0) is 70.3 Å². The maximum Gasteiger partial charge on any atom is 0.247 e. The molecule has 3 heterocycles. The highest BCUT2D eigenvalue weighted by Gasteiger charge is 2.42. The van der Waals surface area contributed by atoms with Gasteiger partial charge >= 0.3 is 0 Å². The summed E-state index contributed by atoms with van der Waals surface area (Å²) in [6, 6.07) is 7.93. The minimum absolute atomic E-state index is 0.281. The van der Waals surface area contributed by atoms with Crippen molar-refractivity contribution in [2.24, 2.45) is 5.41 Å². The van der Waals surface area contributed by atoms with Crippen molar-refractivity contribution in [3.05, 3.63) is 41.7 Å². The SMILES string of the molecule is CNC(C)C(=O)NC(C(=O)N1CCCC1C(=O)Nc1cc2c(Nc3ccc(N4CCN(C(C)C)CC4)c(Cl)c3)ncnc2cc1OC)C(C)(C)C. The number of hydrogen-bond donors (Lipinski definition) is 4. The molecule has 0 spiro atoms. The number of carbonyl (C=O) groups is 3. The Labute approximate surface area is 305 Å². The third-order valence-electron chi connectivity index (χ3n) is 9.87. The Bertz CT molecular complexity index is 1740. The molecule has 3 amide bonds. The van der Waals surface area contributed by atoms with Crippen molar-refractivity contribution in [2.45, 2.75) is 78.6 Å². The third-order valence-corrected chi connectivity index (χ3v) is 10.2. The minimum Gasteiger partial charge on any atom is -0.494 e. The van der Waals surface area contributed by atoms with E-state index in [9.17, 15) is 14.4 Å². The van der Waals surface area contributed by atoms with Crippen molar-refractivity contribution in [1.29, 1.82) is 0 Å². The largest absolute Gasteiger partial charge is 0.494 e. The molecular formula is C37H52ClN9O4. The van der Waals surface area contributed by atoms with Gasteiger partial charge in [0, 0.05) is 55.9 Å². The number of anilines is 4. The van der Waals surface area contributed by atoms with Crippen LogP contribution in [0.4, 0.5) is 22.9 Å². The van der Waals surface area contributed by atoms with Crippen molar-refractivity contribution in [2.75, 3.05) is 62.4 Å². The number of piperazine rings is 1. The number of carbonyl (C=O) groups excluding carboxylic acids is 3. The number of fused-ring (bicyclic) bond motifs is 1. The fourth-order valence-corrected chi connectivity index (χ4v) is 6.94. The van der Waals surface area contributed by atoms with E-state index in [0.717, 1.165) is 37.6 Å². The van der Waals surface area contributed by atoms with Crippen LogP contribution in [0.2, 0.25) is 5.02 Å². The maximum atomic E-state index is 13.9. The number of nitrogens with one attached hydrogen (secondary N) is 4. The zero-order valence-corrected chi connectivity index (χ0v) is 31.7. The Morgan fingerprint density at radius 2 is 1.73 bits per heavy atom. The number of halogens is 1. The highest BCUT2D eigenvalue weighted by Crippen LogP contribution is 2.36. The number of likely N-dealkylation sites (tertiary alicyclic amines) is 1. The van der Waals surface area contributed by atoms with E-state index in [1.807, 2.05) is 39.0 Å². The molecule has 3 aromatic rings. The number of methoxy groups -OCH3 is 1. The van der Waals surface area contributed by atoms with Gasteiger partial charge in [-0.2, -0.15) is 0 Å².